The minimum absolute atomic E-state index is 0.688. The van der Waals surface area contributed by atoms with Crippen molar-refractivity contribution in [1.82, 2.24) is 9.97 Å². The van der Waals surface area contributed by atoms with Crippen LogP contribution in [0.3, 0.4) is 0 Å². The zero-order valence-electron chi connectivity index (χ0n) is 10.8. The molecule has 2 aromatic heterocycles. The van der Waals surface area contributed by atoms with E-state index in [2.05, 4.69) is 15.3 Å². The van der Waals surface area contributed by atoms with Gasteiger partial charge in [0.25, 0.3) is 0 Å². The molecule has 3 rings (SSSR count). The summed E-state index contributed by atoms with van der Waals surface area (Å²) in [5, 5.41) is 3.07. The number of nitrogens with zero attached hydrogens (tertiary/aromatic N) is 2. The molecular weight excluding hydrogens is 290 g/mol. The molecule has 0 spiro atoms. The van der Waals surface area contributed by atoms with E-state index >= 15 is 0 Å². The van der Waals surface area contributed by atoms with Crippen molar-refractivity contribution in [2.75, 3.05) is 12.4 Å². The second-order valence-corrected chi connectivity index (χ2v) is 5.90. The Balaban J connectivity index is 2.12. The van der Waals surface area contributed by atoms with Crippen molar-refractivity contribution in [2.45, 2.75) is 0 Å². The number of benzene rings is 1. The molecule has 2 heterocycles. The van der Waals surface area contributed by atoms with Crippen LogP contribution in [-0.2, 0) is 0 Å². The van der Waals surface area contributed by atoms with Crippen LogP contribution in [0.15, 0.2) is 48.5 Å². The van der Waals surface area contributed by atoms with Crippen LogP contribution in [0.1, 0.15) is 0 Å². The van der Waals surface area contributed by atoms with Crippen molar-refractivity contribution in [3.8, 4) is 22.0 Å². The second kappa shape index (κ2) is 5.61. The summed E-state index contributed by atoms with van der Waals surface area (Å²) in [7, 11) is 1.85. The SMILES string of the molecule is CNc1cc(-c2ccccc2)nc(-c2ccc(Cl)s2)n1. The van der Waals surface area contributed by atoms with Gasteiger partial charge < -0.3 is 5.32 Å². The maximum absolute atomic E-state index is 5.99. The average Bonchev–Trinajstić information content (AvgIpc) is 2.94. The van der Waals surface area contributed by atoms with Gasteiger partial charge in [0.05, 0.1) is 14.9 Å². The number of halogens is 1. The van der Waals surface area contributed by atoms with E-state index in [1.165, 1.54) is 11.3 Å². The smallest absolute Gasteiger partial charge is 0.172 e. The van der Waals surface area contributed by atoms with Gasteiger partial charge in [-0.05, 0) is 12.1 Å². The summed E-state index contributed by atoms with van der Waals surface area (Å²) in [5.74, 6) is 1.48. The molecule has 0 aliphatic carbocycles. The van der Waals surface area contributed by atoms with E-state index < -0.39 is 0 Å². The Morgan fingerprint density at radius 3 is 2.50 bits per heavy atom. The maximum Gasteiger partial charge on any atom is 0.172 e. The molecule has 5 heteroatoms. The summed E-state index contributed by atoms with van der Waals surface area (Å²) >= 11 is 7.46. The van der Waals surface area contributed by atoms with Crippen LogP contribution < -0.4 is 5.32 Å². The first kappa shape index (κ1) is 13.1. The summed E-state index contributed by atoms with van der Waals surface area (Å²) in [5.41, 5.74) is 1.96. The lowest BCUT2D eigenvalue weighted by atomic mass is 10.1. The number of aromatic nitrogens is 2. The Morgan fingerprint density at radius 2 is 1.85 bits per heavy atom. The molecule has 20 heavy (non-hydrogen) atoms. The van der Waals surface area contributed by atoms with Crippen LogP contribution >= 0.6 is 22.9 Å². The first-order chi connectivity index (χ1) is 9.76. The maximum atomic E-state index is 5.99. The summed E-state index contributed by atoms with van der Waals surface area (Å²) < 4.78 is 0.736. The Bertz CT molecular complexity index is 725. The first-order valence-electron chi connectivity index (χ1n) is 6.14. The molecule has 0 saturated carbocycles. The van der Waals surface area contributed by atoms with Gasteiger partial charge in [0, 0.05) is 18.7 Å². The highest BCUT2D eigenvalue weighted by atomic mass is 35.5. The van der Waals surface area contributed by atoms with E-state index in [0.29, 0.717) is 5.82 Å². The van der Waals surface area contributed by atoms with Crippen molar-refractivity contribution in [3.63, 3.8) is 0 Å². The van der Waals surface area contributed by atoms with Gasteiger partial charge in [-0.2, -0.15) is 0 Å². The number of hydrogen-bond donors (Lipinski definition) is 1. The van der Waals surface area contributed by atoms with Gasteiger partial charge in [-0.25, -0.2) is 9.97 Å². The predicted octanol–water partition coefficient (Wildman–Crippen LogP) is 4.57. The number of thiophene rings is 1. The van der Waals surface area contributed by atoms with Gasteiger partial charge >= 0.3 is 0 Å². The lowest BCUT2D eigenvalue weighted by Gasteiger charge is -2.07. The zero-order valence-corrected chi connectivity index (χ0v) is 12.4. The number of hydrogen-bond acceptors (Lipinski definition) is 4. The molecule has 3 nitrogen and oxygen atoms in total. The molecule has 0 fully saturated rings. The fraction of sp³-hybridized carbons (Fsp3) is 0.0667. The van der Waals surface area contributed by atoms with Crippen molar-refractivity contribution in [2.24, 2.45) is 0 Å². The minimum atomic E-state index is 0.688. The topological polar surface area (TPSA) is 37.8 Å². The lowest BCUT2D eigenvalue weighted by Crippen LogP contribution is -1.97. The quantitative estimate of drug-likeness (QED) is 0.770. The molecule has 0 aliphatic rings. The minimum Gasteiger partial charge on any atom is -0.373 e. The van der Waals surface area contributed by atoms with Gasteiger partial charge in [-0.3, -0.25) is 0 Å². The van der Waals surface area contributed by atoms with Crippen LogP contribution in [0.4, 0.5) is 5.82 Å². The Hall–Kier alpha value is -1.91. The van der Waals surface area contributed by atoms with E-state index in [4.69, 9.17) is 11.6 Å². The molecule has 1 aromatic carbocycles. The van der Waals surface area contributed by atoms with Crippen molar-refractivity contribution in [1.29, 1.82) is 0 Å². The van der Waals surface area contributed by atoms with E-state index in [1.807, 2.05) is 55.6 Å². The Labute approximate surface area is 126 Å². The van der Waals surface area contributed by atoms with Crippen molar-refractivity contribution in [3.05, 3.63) is 52.9 Å². The molecule has 0 atom stereocenters. The summed E-state index contributed by atoms with van der Waals surface area (Å²) in [6.45, 7) is 0. The van der Waals surface area contributed by atoms with Gasteiger partial charge in [-0.1, -0.05) is 41.9 Å². The van der Waals surface area contributed by atoms with Crippen LogP contribution in [0.25, 0.3) is 22.0 Å². The first-order valence-corrected chi connectivity index (χ1v) is 7.33. The third-order valence-electron chi connectivity index (χ3n) is 2.85. The standard InChI is InChI=1S/C15H12ClN3S/c1-17-14-9-11(10-5-3-2-4-6-10)18-15(19-14)12-7-8-13(16)20-12/h2-9H,1H3,(H,17,18,19). The highest BCUT2D eigenvalue weighted by Gasteiger charge is 2.09. The normalized spacial score (nSPS) is 10.5. The van der Waals surface area contributed by atoms with Crippen molar-refractivity contribution >= 4 is 28.8 Å². The number of nitrogens with one attached hydrogen (secondary N) is 1. The molecule has 0 amide bonds. The van der Waals surface area contributed by atoms with E-state index in [9.17, 15) is 0 Å². The number of anilines is 1. The molecule has 0 radical (unpaired) electrons. The van der Waals surface area contributed by atoms with E-state index in [1.54, 1.807) is 0 Å². The summed E-state index contributed by atoms with van der Waals surface area (Å²) in [6.07, 6.45) is 0. The fourth-order valence-corrected chi connectivity index (χ4v) is 2.85. The summed E-state index contributed by atoms with van der Waals surface area (Å²) in [6, 6.07) is 15.8. The molecular formula is C15H12ClN3S. The Kier molecular flexibility index (Phi) is 3.67. The average molecular weight is 302 g/mol. The predicted molar refractivity (Wildman–Crippen MR) is 85.3 cm³/mol. The molecule has 0 unspecified atom stereocenters. The van der Waals surface area contributed by atoms with Crippen LogP contribution in [0.5, 0.6) is 0 Å². The fourth-order valence-electron chi connectivity index (χ4n) is 1.88. The molecule has 0 bridgehead atoms. The van der Waals surface area contributed by atoms with E-state index in [0.717, 1.165) is 26.3 Å². The lowest BCUT2D eigenvalue weighted by molar-refractivity contribution is 1.18. The largest absolute Gasteiger partial charge is 0.373 e. The molecule has 100 valence electrons. The van der Waals surface area contributed by atoms with Gasteiger partial charge in [0.1, 0.15) is 5.82 Å². The zero-order chi connectivity index (χ0) is 13.9. The highest BCUT2D eigenvalue weighted by molar-refractivity contribution is 7.19. The van der Waals surface area contributed by atoms with Crippen LogP contribution in [0.2, 0.25) is 4.34 Å². The monoisotopic (exact) mass is 301 g/mol. The van der Waals surface area contributed by atoms with Crippen LogP contribution in [0, 0.1) is 0 Å². The molecule has 3 aromatic rings. The third-order valence-corrected chi connectivity index (χ3v) is 4.07. The molecule has 1 N–H and O–H groups in total. The Morgan fingerprint density at radius 1 is 1.05 bits per heavy atom. The van der Waals surface area contributed by atoms with Crippen LogP contribution in [-0.4, -0.2) is 17.0 Å². The van der Waals surface area contributed by atoms with Crippen molar-refractivity contribution < 1.29 is 0 Å². The molecule has 0 saturated heterocycles. The van der Waals surface area contributed by atoms with Gasteiger partial charge in [0.2, 0.25) is 0 Å². The molecule has 0 aliphatic heterocycles. The second-order valence-electron chi connectivity index (χ2n) is 4.18. The highest BCUT2D eigenvalue weighted by Crippen LogP contribution is 2.31. The number of rotatable bonds is 3. The van der Waals surface area contributed by atoms with E-state index in [-0.39, 0.29) is 0 Å². The summed E-state index contributed by atoms with van der Waals surface area (Å²) in [4.78, 5) is 10.1. The van der Waals surface area contributed by atoms with Gasteiger partial charge in [0.15, 0.2) is 5.82 Å². The third kappa shape index (κ3) is 2.66. The van der Waals surface area contributed by atoms with Gasteiger partial charge in [-0.15, -0.1) is 11.3 Å².